The Labute approximate surface area is 183 Å². The average molecular weight is 431 g/mol. The van der Waals surface area contributed by atoms with Crippen LogP contribution in [-0.4, -0.2) is 72.2 Å². The van der Waals surface area contributed by atoms with Crippen molar-refractivity contribution in [1.29, 1.82) is 0 Å². The van der Waals surface area contributed by atoms with Gasteiger partial charge in [-0.15, -0.1) is 0 Å². The van der Waals surface area contributed by atoms with Crippen molar-refractivity contribution in [2.24, 2.45) is 10.9 Å². The highest BCUT2D eigenvalue weighted by Gasteiger charge is 2.27. The Hall–Kier alpha value is -2.12. The van der Waals surface area contributed by atoms with Gasteiger partial charge in [-0.2, -0.15) is 4.98 Å². The van der Waals surface area contributed by atoms with E-state index in [1.54, 1.807) is 0 Å². The number of hydrogen-bond acceptors (Lipinski definition) is 5. The summed E-state index contributed by atoms with van der Waals surface area (Å²) in [6.45, 7) is 6.61. The second-order valence-corrected chi connectivity index (χ2v) is 8.64. The van der Waals surface area contributed by atoms with Gasteiger partial charge in [0, 0.05) is 50.2 Å². The quantitative estimate of drug-likeness (QED) is 0.560. The van der Waals surface area contributed by atoms with Crippen LogP contribution in [0.25, 0.3) is 11.4 Å². The summed E-state index contributed by atoms with van der Waals surface area (Å²) < 4.78 is 5.40. The molecule has 1 atom stereocenters. The summed E-state index contributed by atoms with van der Waals surface area (Å²) in [5.74, 6) is 2.87. The lowest BCUT2D eigenvalue weighted by molar-refractivity contribution is 0.198. The highest BCUT2D eigenvalue weighted by molar-refractivity contribution is 6.30. The van der Waals surface area contributed by atoms with Gasteiger partial charge in [-0.1, -0.05) is 35.3 Å². The molecule has 0 spiro atoms. The molecule has 2 saturated heterocycles. The smallest absolute Gasteiger partial charge is 0.228 e. The Morgan fingerprint density at radius 2 is 2.13 bits per heavy atom. The zero-order valence-corrected chi connectivity index (χ0v) is 18.4. The maximum absolute atomic E-state index is 6.05. The first kappa shape index (κ1) is 21.1. The van der Waals surface area contributed by atoms with Crippen LogP contribution in [0.4, 0.5) is 0 Å². The molecule has 2 aliphatic heterocycles. The van der Waals surface area contributed by atoms with Crippen LogP contribution in [0.15, 0.2) is 33.8 Å². The van der Waals surface area contributed by atoms with Gasteiger partial charge in [-0.3, -0.25) is 4.99 Å². The molecule has 30 heavy (non-hydrogen) atoms. The summed E-state index contributed by atoms with van der Waals surface area (Å²) in [7, 11) is 1.85. The number of likely N-dealkylation sites (tertiary alicyclic amines) is 2. The van der Waals surface area contributed by atoms with Gasteiger partial charge in [0.05, 0.1) is 0 Å². The van der Waals surface area contributed by atoms with Crippen molar-refractivity contribution in [3.05, 3.63) is 35.2 Å². The molecule has 0 bridgehead atoms. The van der Waals surface area contributed by atoms with E-state index in [1.165, 1.54) is 45.3 Å². The number of benzene rings is 1. The minimum absolute atomic E-state index is 0.567. The fourth-order valence-corrected chi connectivity index (χ4v) is 4.59. The Morgan fingerprint density at radius 3 is 2.93 bits per heavy atom. The van der Waals surface area contributed by atoms with Crippen LogP contribution in [0, 0.1) is 5.92 Å². The maximum Gasteiger partial charge on any atom is 0.228 e. The summed E-state index contributed by atoms with van der Waals surface area (Å²) in [5.41, 5.74) is 0.859. The van der Waals surface area contributed by atoms with E-state index in [-0.39, 0.29) is 0 Å². The van der Waals surface area contributed by atoms with Crippen molar-refractivity contribution in [2.75, 3.05) is 46.3 Å². The van der Waals surface area contributed by atoms with Crippen LogP contribution in [0.5, 0.6) is 0 Å². The monoisotopic (exact) mass is 430 g/mol. The number of nitrogens with one attached hydrogen (secondary N) is 1. The van der Waals surface area contributed by atoms with E-state index in [0.717, 1.165) is 30.5 Å². The lowest BCUT2D eigenvalue weighted by Gasteiger charge is -2.29. The van der Waals surface area contributed by atoms with E-state index in [1.807, 2.05) is 31.3 Å². The molecule has 7 nitrogen and oxygen atoms in total. The Balaban J connectivity index is 1.23. The van der Waals surface area contributed by atoms with Gasteiger partial charge < -0.3 is 19.6 Å². The molecular weight excluding hydrogens is 400 g/mol. The van der Waals surface area contributed by atoms with Gasteiger partial charge in [0.15, 0.2) is 5.96 Å². The van der Waals surface area contributed by atoms with Crippen molar-refractivity contribution >= 4 is 17.6 Å². The highest BCUT2D eigenvalue weighted by Crippen LogP contribution is 2.21. The van der Waals surface area contributed by atoms with E-state index in [2.05, 4.69) is 30.2 Å². The molecule has 1 aromatic carbocycles. The second kappa shape index (κ2) is 10.3. The molecule has 162 valence electrons. The number of aliphatic imine (C=N–C) groups is 1. The Kier molecular flexibility index (Phi) is 7.23. The Morgan fingerprint density at radius 1 is 1.27 bits per heavy atom. The second-order valence-electron chi connectivity index (χ2n) is 8.21. The Bertz CT molecular complexity index is 848. The lowest BCUT2D eigenvalue weighted by atomic mass is 10.1. The fraction of sp³-hybridized carbons (Fsp3) is 0.591. The summed E-state index contributed by atoms with van der Waals surface area (Å²) in [6, 6.07) is 7.48. The number of nitrogens with zero attached hydrogens (tertiary/aromatic N) is 5. The zero-order chi connectivity index (χ0) is 20.8. The number of piperidine rings is 1. The topological polar surface area (TPSA) is 69.8 Å². The first-order valence-electron chi connectivity index (χ1n) is 11.0. The van der Waals surface area contributed by atoms with Gasteiger partial charge in [-0.05, 0) is 50.4 Å². The van der Waals surface area contributed by atoms with E-state index >= 15 is 0 Å². The van der Waals surface area contributed by atoms with Gasteiger partial charge in [0.2, 0.25) is 11.7 Å². The molecule has 0 aliphatic carbocycles. The van der Waals surface area contributed by atoms with Gasteiger partial charge in [0.1, 0.15) is 0 Å². The number of aromatic nitrogens is 2. The highest BCUT2D eigenvalue weighted by atomic mass is 35.5. The average Bonchev–Trinajstić information content (AvgIpc) is 3.42. The fourth-order valence-electron chi connectivity index (χ4n) is 4.40. The van der Waals surface area contributed by atoms with E-state index in [0.29, 0.717) is 29.7 Å². The molecule has 2 fully saturated rings. The molecule has 8 heteroatoms. The van der Waals surface area contributed by atoms with Crippen LogP contribution in [0.2, 0.25) is 5.02 Å². The molecule has 2 aliphatic rings. The normalized spacial score (nSPS) is 20.7. The molecule has 1 N–H and O–H groups in total. The maximum atomic E-state index is 6.05. The molecular formula is C22H31ClN6O. The molecule has 2 aromatic rings. The van der Waals surface area contributed by atoms with Crippen molar-refractivity contribution in [3.63, 3.8) is 0 Å². The van der Waals surface area contributed by atoms with Crippen LogP contribution in [0.1, 0.15) is 31.6 Å². The number of hydrogen-bond donors (Lipinski definition) is 1. The first-order chi connectivity index (χ1) is 14.7. The SMILES string of the molecule is CN=C(NCCc1nc(-c2cccc(Cl)c2)no1)N1CCC(CN2CCCCC2)C1. The van der Waals surface area contributed by atoms with Crippen molar-refractivity contribution in [2.45, 2.75) is 32.1 Å². The molecule has 1 aromatic heterocycles. The predicted octanol–water partition coefficient (Wildman–Crippen LogP) is 3.32. The van der Waals surface area contributed by atoms with E-state index in [9.17, 15) is 0 Å². The summed E-state index contributed by atoms with van der Waals surface area (Å²) in [6.07, 6.45) is 5.99. The number of guanidine groups is 1. The third kappa shape index (κ3) is 5.52. The zero-order valence-electron chi connectivity index (χ0n) is 17.7. The molecule has 4 rings (SSSR count). The summed E-state index contributed by atoms with van der Waals surface area (Å²) in [5, 5.41) is 8.19. The van der Waals surface area contributed by atoms with Crippen LogP contribution >= 0.6 is 11.6 Å². The molecule has 1 unspecified atom stereocenters. The minimum Gasteiger partial charge on any atom is -0.356 e. The van der Waals surface area contributed by atoms with Gasteiger partial charge in [0.25, 0.3) is 0 Å². The van der Waals surface area contributed by atoms with Crippen molar-refractivity contribution in [1.82, 2.24) is 25.3 Å². The van der Waals surface area contributed by atoms with E-state index < -0.39 is 0 Å². The number of rotatable bonds is 6. The standard InChI is InChI=1S/C22H31ClN6O/c1-24-22(29-13-9-17(16-29)15-28-11-3-2-4-12-28)25-10-8-20-26-21(27-30-20)18-6-5-7-19(23)14-18/h5-7,14,17H,2-4,8-13,15-16H2,1H3,(H,24,25). The van der Waals surface area contributed by atoms with Crippen LogP contribution in [0.3, 0.4) is 0 Å². The third-order valence-electron chi connectivity index (χ3n) is 5.94. The third-order valence-corrected chi connectivity index (χ3v) is 6.17. The minimum atomic E-state index is 0.567. The van der Waals surface area contributed by atoms with Crippen molar-refractivity contribution < 1.29 is 4.52 Å². The molecule has 0 saturated carbocycles. The molecule has 0 amide bonds. The lowest BCUT2D eigenvalue weighted by Crippen LogP contribution is -2.42. The van der Waals surface area contributed by atoms with Crippen LogP contribution < -0.4 is 5.32 Å². The largest absolute Gasteiger partial charge is 0.356 e. The molecule has 0 radical (unpaired) electrons. The number of halogens is 1. The van der Waals surface area contributed by atoms with Gasteiger partial charge in [-0.25, -0.2) is 0 Å². The van der Waals surface area contributed by atoms with Gasteiger partial charge >= 0.3 is 0 Å². The first-order valence-corrected chi connectivity index (χ1v) is 11.4. The summed E-state index contributed by atoms with van der Waals surface area (Å²) in [4.78, 5) is 14.0. The van der Waals surface area contributed by atoms with E-state index in [4.69, 9.17) is 16.1 Å². The van der Waals surface area contributed by atoms with Crippen molar-refractivity contribution in [3.8, 4) is 11.4 Å². The molecule has 3 heterocycles. The predicted molar refractivity (Wildman–Crippen MR) is 120 cm³/mol. The van der Waals surface area contributed by atoms with Crippen LogP contribution in [-0.2, 0) is 6.42 Å². The summed E-state index contributed by atoms with van der Waals surface area (Å²) >= 11 is 6.05.